The summed E-state index contributed by atoms with van der Waals surface area (Å²) in [5.41, 5.74) is 2.98. The molecule has 1 aromatic heterocycles. The molecule has 3 atom stereocenters. The fraction of sp³-hybridized carbons (Fsp3) is 0.462. The van der Waals surface area contributed by atoms with Crippen molar-refractivity contribution >= 4 is 33.9 Å². The van der Waals surface area contributed by atoms with Crippen LogP contribution in [0.25, 0.3) is 0 Å². The Hall–Kier alpha value is -4.82. The molecule has 0 radical (unpaired) electrons. The topological polar surface area (TPSA) is 177 Å². The van der Waals surface area contributed by atoms with Gasteiger partial charge >= 0.3 is 6.03 Å². The van der Waals surface area contributed by atoms with Crippen LogP contribution in [0.4, 0.5) is 4.79 Å². The van der Waals surface area contributed by atoms with Gasteiger partial charge in [0.15, 0.2) is 0 Å². The Labute approximate surface area is 313 Å². The van der Waals surface area contributed by atoms with Crippen LogP contribution < -0.4 is 10.6 Å². The number of nitrogens with one attached hydrogen (secondary N) is 2. The molecule has 53 heavy (non-hydrogen) atoms. The highest BCUT2D eigenvalue weighted by atomic mass is 32.2. The van der Waals surface area contributed by atoms with Crippen molar-refractivity contribution in [3.63, 3.8) is 0 Å². The fourth-order valence-corrected chi connectivity index (χ4v) is 8.06. The highest BCUT2D eigenvalue weighted by Crippen LogP contribution is 2.28. The second-order valence-corrected chi connectivity index (χ2v) is 15.8. The lowest BCUT2D eigenvalue weighted by Crippen LogP contribution is -2.55. The van der Waals surface area contributed by atoms with Gasteiger partial charge in [0.05, 0.1) is 29.0 Å². The van der Waals surface area contributed by atoms with Gasteiger partial charge in [0.1, 0.15) is 11.8 Å². The molecule has 2 aromatic carbocycles. The zero-order valence-electron chi connectivity index (χ0n) is 31.1. The van der Waals surface area contributed by atoms with Gasteiger partial charge < -0.3 is 25.9 Å². The third-order valence-electron chi connectivity index (χ3n) is 9.91. The summed E-state index contributed by atoms with van der Waals surface area (Å²) < 4.78 is 29.7. The summed E-state index contributed by atoms with van der Waals surface area (Å²) in [6.45, 7) is 6.23. The summed E-state index contributed by atoms with van der Waals surface area (Å²) in [4.78, 5) is 33.6. The third kappa shape index (κ3) is 11.8. The van der Waals surface area contributed by atoms with E-state index in [9.17, 15) is 18.0 Å². The van der Waals surface area contributed by atoms with Crippen molar-refractivity contribution in [2.24, 2.45) is 22.1 Å². The smallest absolute Gasteiger partial charge is 0.318 e. The van der Waals surface area contributed by atoms with Crippen molar-refractivity contribution in [1.29, 1.82) is 0 Å². The molecule has 286 valence electrons. The van der Waals surface area contributed by atoms with Crippen LogP contribution in [0, 0.1) is 11.8 Å². The number of pyridine rings is 1. The van der Waals surface area contributed by atoms with Gasteiger partial charge in [-0.25, -0.2) is 18.2 Å². The predicted octanol–water partition coefficient (Wildman–Crippen LogP) is 5.64. The van der Waals surface area contributed by atoms with E-state index in [1.54, 1.807) is 48.6 Å². The third-order valence-corrected chi connectivity index (χ3v) is 11.8. The Morgan fingerprint density at radius 3 is 2.34 bits per heavy atom. The van der Waals surface area contributed by atoms with Gasteiger partial charge in [0.25, 0.3) is 0 Å². The average Bonchev–Trinajstić information content (AvgIpc) is 3.68. The number of sulfonamides is 1. The molecule has 1 aliphatic carbocycles. The maximum Gasteiger partial charge on any atom is 0.318 e. The minimum atomic E-state index is -3.88. The van der Waals surface area contributed by atoms with Gasteiger partial charge in [0.2, 0.25) is 15.9 Å². The number of nitrogens with zero attached hydrogens (tertiary/aromatic N) is 5. The molecule has 0 unspecified atom stereocenters. The van der Waals surface area contributed by atoms with E-state index in [0.717, 1.165) is 31.2 Å². The number of hydrogen-bond donors (Lipinski definition) is 4. The van der Waals surface area contributed by atoms with Crippen LogP contribution in [0.2, 0.25) is 0 Å². The van der Waals surface area contributed by atoms with Crippen LogP contribution >= 0.6 is 0 Å². The number of carbonyl (C=O) groups is 2. The zero-order chi connectivity index (χ0) is 38.4. The van der Waals surface area contributed by atoms with Crippen molar-refractivity contribution in [3.05, 3.63) is 95.3 Å². The lowest BCUT2D eigenvalue weighted by molar-refractivity contribution is -0.124. The van der Waals surface area contributed by atoms with Crippen LogP contribution in [0.5, 0.6) is 0 Å². The number of hydrogen-bond acceptors (Lipinski definition) is 9. The molecule has 0 bridgehead atoms. The molecule has 4 N–H and O–H groups in total. The quantitative estimate of drug-likeness (QED) is 0.0739. The molecule has 13 nitrogen and oxygen atoms in total. The predicted molar refractivity (Wildman–Crippen MR) is 205 cm³/mol. The molecule has 1 saturated carbocycles. The van der Waals surface area contributed by atoms with Gasteiger partial charge in [-0.1, -0.05) is 92.0 Å². The number of rotatable bonds is 18. The fourth-order valence-electron chi connectivity index (χ4n) is 6.53. The summed E-state index contributed by atoms with van der Waals surface area (Å²) in [5, 5.41) is 30.4. The van der Waals surface area contributed by atoms with Gasteiger partial charge in [-0.15, -0.1) is 0 Å². The van der Waals surface area contributed by atoms with Crippen molar-refractivity contribution in [2.75, 3.05) is 20.1 Å². The summed E-state index contributed by atoms with van der Waals surface area (Å²) in [7, 11) is -2.27. The summed E-state index contributed by atoms with van der Waals surface area (Å²) in [5.74, 6) is -0.296. The lowest BCUT2D eigenvalue weighted by atomic mass is 9.97. The molecule has 0 spiro atoms. The molecule has 3 aromatic rings. The summed E-state index contributed by atoms with van der Waals surface area (Å²) in [6.07, 6.45) is 6.75. The highest BCUT2D eigenvalue weighted by Gasteiger charge is 2.32. The lowest BCUT2D eigenvalue weighted by Gasteiger charge is -2.30. The number of amides is 3. The van der Waals surface area contributed by atoms with E-state index in [2.05, 4.69) is 25.9 Å². The number of carbonyl (C=O) groups excluding carboxylic acids is 2. The molecule has 1 fully saturated rings. The number of aromatic nitrogens is 1. The van der Waals surface area contributed by atoms with Crippen LogP contribution in [0.15, 0.2) is 88.0 Å². The zero-order valence-corrected chi connectivity index (χ0v) is 31.9. The Bertz CT molecular complexity index is 1800. The number of oxime groups is 2. The molecule has 0 aliphatic heterocycles. The van der Waals surface area contributed by atoms with E-state index in [-0.39, 0.29) is 35.7 Å². The molecule has 1 heterocycles. The first kappa shape index (κ1) is 40.9. The van der Waals surface area contributed by atoms with Gasteiger partial charge in [-0.05, 0) is 79.8 Å². The van der Waals surface area contributed by atoms with Gasteiger partial charge in [-0.2, -0.15) is 4.31 Å². The maximum atomic E-state index is 14.1. The Morgan fingerprint density at radius 1 is 1.00 bits per heavy atom. The number of urea groups is 1. The largest absolute Gasteiger partial charge is 0.411 e. The SMILES string of the molecule is CC[C@H](C)[C@H](NC(=O)N(C)Cc1cccc(C(C)=NO)n1)C(=O)N[C@H](CCN(CC1CCCC1)S(=O)(=O)c1ccc(C=NO)cc1)Cc1ccccc1. The van der Waals surface area contributed by atoms with E-state index in [4.69, 9.17) is 10.4 Å². The highest BCUT2D eigenvalue weighted by molar-refractivity contribution is 7.89. The van der Waals surface area contributed by atoms with Crippen LogP contribution in [0.3, 0.4) is 0 Å². The van der Waals surface area contributed by atoms with Crippen LogP contribution in [-0.2, 0) is 27.8 Å². The monoisotopic (exact) mass is 747 g/mol. The minimum absolute atomic E-state index is 0.150. The average molecular weight is 748 g/mol. The summed E-state index contributed by atoms with van der Waals surface area (Å²) >= 11 is 0. The minimum Gasteiger partial charge on any atom is -0.411 e. The van der Waals surface area contributed by atoms with Crippen LogP contribution in [0.1, 0.15) is 81.8 Å². The van der Waals surface area contributed by atoms with Crippen molar-refractivity contribution in [2.45, 2.75) is 89.2 Å². The molecule has 14 heteroatoms. The maximum absolute atomic E-state index is 14.1. The second-order valence-electron chi connectivity index (χ2n) is 13.9. The first-order valence-electron chi connectivity index (χ1n) is 18.2. The van der Waals surface area contributed by atoms with Crippen molar-refractivity contribution < 1.29 is 28.4 Å². The molecule has 3 amide bonds. The first-order valence-corrected chi connectivity index (χ1v) is 19.7. The van der Waals surface area contributed by atoms with E-state index >= 15 is 0 Å². The number of benzene rings is 2. The van der Waals surface area contributed by atoms with Gasteiger partial charge in [-0.3, -0.25) is 4.79 Å². The Balaban J connectivity index is 1.53. The van der Waals surface area contributed by atoms with E-state index < -0.39 is 28.1 Å². The molecule has 0 saturated heterocycles. The standard InChI is InChI=1S/C39H53N7O6S/c1-5-28(2)37(43-39(48)45(4)27-34-16-11-17-36(41-34)29(3)44-50)38(47)42-33(24-30-12-7-6-8-13-30)22-23-46(26-32-14-9-10-15-32)53(51,52)35-20-18-31(19-21-35)25-40-49/h6-8,11-13,16-21,25,28,32-33,37,49-50H,5,9-10,14-15,22-24,26-27H2,1-4H3,(H,42,47)(H,43,48)/t28-,33+,37-/m0/s1. The van der Waals surface area contributed by atoms with Crippen molar-refractivity contribution in [1.82, 2.24) is 24.8 Å². The molecule has 1 aliphatic rings. The normalized spacial score (nSPS) is 15.7. The van der Waals surface area contributed by atoms with Gasteiger partial charge in [0, 0.05) is 26.2 Å². The molecular formula is C39H53N7O6S. The van der Waals surface area contributed by atoms with E-state index in [1.165, 1.54) is 23.2 Å². The molecular weight excluding hydrogens is 695 g/mol. The summed E-state index contributed by atoms with van der Waals surface area (Å²) in [6, 6.07) is 19.5. The second kappa shape index (κ2) is 19.9. The first-order chi connectivity index (χ1) is 25.4. The van der Waals surface area contributed by atoms with E-state index in [1.807, 2.05) is 44.2 Å². The molecule has 4 rings (SSSR count). The van der Waals surface area contributed by atoms with Crippen molar-refractivity contribution in [3.8, 4) is 0 Å². The van der Waals surface area contributed by atoms with E-state index in [0.29, 0.717) is 48.5 Å². The van der Waals surface area contributed by atoms with Crippen LogP contribution in [-0.4, -0.2) is 89.1 Å². The Morgan fingerprint density at radius 2 is 1.70 bits per heavy atom. The Kier molecular flexibility index (Phi) is 15.3.